The maximum atomic E-state index is 11.3. The monoisotopic (exact) mass is 276 g/mol. The zero-order valence-corrected chi connectivity index (χ0v) is 10.1. The molecule has 1 heterocycles. The smallest absolute Gasteiger partial charge is 0.306 e. The minimum Gasteiger partial charge on any atom is -0.481 e. The summed E-state index contributed by atoms with van der Waals surface area (Å²) >= 11 is 0. The van der Waals surface area contributed by atoms with Crippen LogP contribution < -0.4 is 0 Å². The molecule has 8 nitrogen and oxygen atoms in total. The average Bonchev–Trinajstić information content (AvgIpc) is 2.35. The largest absolute Gasteiger partial charge is 0.481 e. The van der Waals surface area contributed by atoms with Gasteiger partial charge in [-0.05, 0) is 0 Å². The van der Waals surface area contributed by atoms with Crippen molar-refractivity contribution in [3.05, 3.63) is 0 Å². The first kappa shape index (κ1) is 15.5. The molecule has 8 heteroatoms. The summed E-state index contributed by atoms with van der Waals surface area (Å²) in [5, 5.41) is 27.7. The van der Waals surface area contributed by atoms with Gasteiger partial charge in [-0.25, -0.2) is 0 Å². The molecule has 1 fully saturated rings. The lowest BCUT2D eigenvalue weighted by Gasteiger charge is -2.36. The van der Waals surface area contributed by atoms with E-state index in [4.69, 9.17) is 14.6 Å². The Hall–Kier alpha value is -1.51. The Morgan fingerprint density at radius 1 is 1.32 bits per heavy atom. The van der Waals surface area contributed by atoms with Crippen LogP contribution in [-0.4, -0.2) is 58.6 Å². The van der Waals surface area contributed by atoms with Crippen LogP contribution in [0, 0.1) is 5.92 Å². The third-order valence-electron chi connectivity index (χ3n) is 2.81. The highest BCUT2D eigenvalue weighted by Crippen LogP contribution is 2.24. The predicted octanol–water partition coefficient (Wildman–Crippen LogP) is -1.32. The van der Waals surface area contributed by atoms with Crippen molar-refractivity contribution < 1.29 is 39.2 Å². The number of aldehydes is 1. The number of carbonyl (C=O) groups excluding carboxylic acids is 2. The summed E-state index contributed by atoms with van der Waals surface area (Å²) in [4.78, 5) is 32.0. The number of aliphatic hydroxyl groups excluding tert-OH is 2. The van der Waals surface area contributed by atoms with Crippen LogP contribution in [0.5, 0.6) is 0 Å². The molecule has 0 aliphatic carbocycles. The van der Waals surface area contributed by atoms with E-state index in [1.807, 2.05) is 0 Å². The van der Waals surface area contributed by atoms with Crippen LogP contribution in [0.15, 0.2) is 0 Å². The standard InChI is InChI=1S/C11H16O8/c12-4-3-6-10(16)7(5-18-11(6)17)19-9(15)2-1-8(13)14/h4,6-7,10-11,16-17H,1-3,5H2,(H,13,14). The summed E-state index contributed by atoms with van der Waals surface area (Å²) in [5.41, 5.74) is 0. The van der Waals surface area contributed by atoms with Crippen LogP contribution in [0.1, 0.15) is 19.3 Å². The molecule has 0 aromatic rings. The number of ether oxygens (including phenoxy) is 2. The van der Waals surface area contributed by atoms with Crippen molar-refractivity contribution in [3.63, 3.8) is 0 Å². The lowest BCUT2D eigenvalue weighted by atomic mass is 9.92. The summed E-state index contributed by atoms with van der Waals surface area (Å²) in [6.07, 6.45) is -3.85. The highest BCUT2D eigenvalue weighted by molar-refractivity contribution is 5.76. The van der Waals surface area contributed by atoms with E-state index in [2.05, 4.69) is 0 Å². The molecule has 0 spiro atoms. The average molecular weight is 276 g/mol. The number of hydrogen-bond donors (Lipinski definition) is 3. The summed E-state index contributed by atoms with van der Waals surface area (Å²) < 4.78 is 9.77. The van der Waals surface area contributed by atoms with Crippen LogP contribution >= 0.6 is 0 Å². The van der Waals surface area contributed by atoms with E-state index >= 15 is 0 Å². The van der Waals surface area contributed by atoms with Crippen molar-refractivity contribution in [2.24, 2.45) is 5.92 Å². The van der Waals surface area contributed by atoms with E-state index in [1.165, 1.54) is 0 Å². The van der Waals surface area contributed by atoms with E-state index in [1.54, 1.807) is 0 Å². The van der Waals surface area contributed by atoms with E-state index in [0.29, 0.717) is 6.29 Å². The normalized spacial score (nSPS) is 30.6. The Bertz CT molecular complexity index is 342. The summed E-state index contributed by atoms with van der Waals surface area (Å²) in [7, 11) is 0. The van der Waals surface area contributed by atoms with Gasteiger partial charge in [0.2, 0.25) is 0 Å². The predicted molar refractivity (Wildman–Crippen MR) is 58.9 cm³/mol. The molecule has 108 valence electrons. The Labute approximate surface area is 108 Å². The van der Waals surface area contributed by atoms with E-state index in [0.717, 1.165) is 0 Å². The number of aliphatic hydroxyl groups is 2. The molecule has 0 amide bonds. The van der Waals surface area contributed by atoms with Gasteiger partial charge >= 0.3 is 11.9 Å². The van der Waals surface area contributed by atoms with Gasteiger partial charge < -0.3 is 29.6 Å². The van der Waals surface area contributed by atoms with Crippen LogP contribution in [0.2, 0.25) is 0 Å². The zero-order chi connectivity index (χ0) is 14.4. The topological polar surface area (TPSA) is 130 Å². The molecule has 3 N–H and O–H groups in total. The van der Waals surface area contributed by atoms with Crippen molar-refractivity contribution in [1.82, 2.24) is 0 Å². The quantitative estimate of drug-likeness (QED) is 0.402. The lowest BCUT2D eigenvalue weighted by Crippen LogP contribution is -2.51. The van der Waals surface area contributed by atoms with Gasteiger partial charge in [0.15, 0.2) is 12.4 Å². The Balaban J connectivity index is 2.51. The van der Waals surface area contributed by atoms with Crippen LogP contribution in [0.3, 0.4) is 0 Å². The number of carboxylic acid groups (broad SMARTS) is 1. The molecular formula is C11H16O8. The number of carboxylic acids is 1. The molecule has 19 heavy (non-hydrogen) atoms. The van der Waals surface area contributed by atoms with Crippen molar-refractivity contribution in [2.45, 2.75) is 37.8 Å². The van der Waals surface area contributed by atoms with Gasteiger partial charge in [-0.2, -0.15) is 0 Å². The van der Waals surface area contributed by atoms with Gasteiger partial charge in [-0.3, -0.25) is 9.59 Å². The summed E-state index contributed by atoms with van der Waals surface area (Å²) in [6.45, 7) is -0.212. The highest BCUT2D eigenvalue weighted by Gasteiger charge is 2.40. The zero-order valence-electron chi connectivity index (χ0n) is 10.1. The maximum Gasteiger partial charge on any atom is 0.306 e. The Morgan fingerprint density at radius 3 is 2.58 bits per heavy atom. The Morgan fingerprint density at radius 2 is 2.00 bits per heavy atom. The molecule has 0 saturated carbocycles. The van der Waals surface area contributed by atoms with Crippen molar-refractivity contribution in [3.8, 4) is 0 Å². The van der Waals surface area contributed by atoms with Gasteiger partial charge in [0.1, 0.15) is 12.4 Å². The highest BCUT2D eigenvalue weighted by atomic mass is 16.6. The lowest BCUT2D eigenvalue weighted by molar-refractivity contribution is -0.238. The third kappa shape index (κ3) is 4.58. The first-order chi connectivity index (χ1) is 8.95. The summed E-state index contributed by atoms with van der Waals surface area (Å²) in [6, 6.07) is 0. The fourth-order valence-corrected chi connectivity index (χ4v) is 1.77. The van der Waals surface area contributed by atoms with Gasteiger partial charge in [0, 0.05) is 12.3 Å². The van der Waals surface area contributed by atoms with Gasteiger partial charge in [-0.15, -0.1) is 0 Å². The summed E-state index contributed by atoms with van der Waals surface area (Å²) in [5.74, 6) is -2.79. The molecule has 0 radical (unpaired) electrons. The number of carbonyl (C=O) groups is 3. The van der Waals surface area contributed by atoms with E-state index in [9.17, 15) is 24.6 Å². The van der Waals surface area contributed by atoms with E-state index < -0.39 is 36.4 Å². The third-order valence-corrected chi connectivity index (χ3v) is 2.81. The molecule has 0 bridgehead atoms. The maximum absolute atomic E-state index is 11.3. The molecule has 4 unspecified atom stereocenters. The SMILES string of the molecule is O=CCC1C(O)OCC(OC(=O)CCC(=O)O)C1O. The molecule has 1 rings (SSSR count). The molecule has 1 aliphatic rings. The molecule has 0 aromatic heterocycles. The molecular weight excluding hydrogens is 260 g/mol. The van der Waals surface area contributed by atoms with Gasteiger partial charge in [-0.1, -0.05) is 0 Å². The van der Waals surface area contributed by atoms with Crippen LogP contribution in [0.25, 0.3) is 0 Å². The van der Waals surface area contributed by atoms with Crippen LogP contribution in [0.4, 0.5) is 0 Å². The van der Waals surface area contributed by atoms with Gasteiger partial charge in [0.05, 0.1) is 19.4 Å². The van der Waals surface area contributed by atoms with Crippen LogP contribution in [-0.2, 0) is 23.9 Å². The van der Waals surface area contributed by atoms with Gasteiger partial charge in [0.25, 0.3) is 0 Å². The first-order valence-electron chi connectivity index (χ1n) is 5.78. The molecule has 1 saturated heterocycles. The van der Waals surface area contributed by atoms with Crippen molar-refractivity contribution in [2.75, 3.05) is 6.61 Å². The van der Waals surface area contributed by atoms with E-state index in [-0.39, 0.29) is 25.9 Å². The minimum atomic E-state index is -1.30. The number of hydrogen-bond acceptors (Lipinski definition) is 7. The molecule has 0 aromatic carbocycles. The minimum absolute atomic E-state index is 0.133. The second-order valence-electron chi connectivity index (χ2n) is 4.20. The fraction of sp³-hybridized carbons (Fsp3) is 0.727. The van der Waals surface area contributed by atoms with Crippen molar-refractivity contribution in [1.29, 1.82) is 0 Å². The second kappa shape index (κ2) is 7.17. The number of aliphatic carboxylic acids is 1. The van der Waals surface area contributed by atoms with Crippen molar-refractivity contribution >= 4 is 18.2 Å². The molecule has 4 atom stereocenters. The first-order valence-corrected chi connectivity index (χ1v) is 5.78. The Kier molecular flexibility index (Phi) is 5.87. The number of rotatable bonds is 6. The second-order valence-corrected chi connectivity index (χ2v) is 4.20. The fourth-order valence-electron chi connectivity index (χ4n) is 1.77. The number of esters is 1. The molecule has 1 aliphatic heterocycles.